The van der Waals surface area contributed by atoms with Gasteiger partial charge in [-0.15, -0.1) is 0 Å². The summed E-state index contributed by atoms with van der Waals surface area (Å²) in [5, 5.41) is 58.4. The Labute approximate surface area is 778 Å². The van der Waals surface area contributed by atoms with Crippen molar-refractivity contribution in [1.82, 2.24) is 75.2 Å². The number of nitrogens with one attached hydrogen (secondary N) is 5. The fourth-order valence-electron chi connectivity index (χ4n) is 17.3. The average Bonchev–Trinajstić information content (AvgIpc) is 1.67. The van der Waals surface area contributed by atoms with E-state index in [1.54, 1.807) is 14.7 Å². The van der Waals surface area contributed by atoms with Crippen LogP contribution < -0.4 is 28.7 Å². The van der Waals surface area contributed by atoms with Crippen LogP contribution in [0.5, 0.6) is 0 Å². The Morgan fingerprint density at radius 2 is 0.568 bits per heavy atom. The molecule has 16 rings (SSSR count). The summed E-state index contributed by atoms with van der Waals surface area (Å²) in [6, 6.07) is 51.8. The zero-order chi connectivity index (χ0) is 92.8. The molecule has 704 valence electrons. The zero-order valence-corrected chi connectivity index (χ0v) is 78.2. The van der Waals surface area contributed by atoms with Crippen LogP contribution in [0, 0.1) is 27.0 Å². The molecule has 0 aliphatic carbocycles. The van der Waals surface area contributed by atoms with Crippen LogP contribution in [-0.2, 0) is 25.7 Å². The van der Waals surface area contributed by atoms with Crippen LogP contribution in [-0.4, -0.2) is 144 Å². The molecule has 0 spiro atoms. The summed E-state index contributed by atoms with van der Waals surface area (Å²) >= 11 is 0. The first-order chi connectivity index (χ1) is 64.4. The monoisotopic (exact) mass is 1800 g/mol. The number of nitrogens with two attached hydrogens (primary N) is 5. The summed E-state index contributed by atoms with van der Waals surface area (Å²) in [6.45, 7) is 13.5. The maximum Gasteiger partial charge on any atom is 0.249 e. The number of aromatic nitrogens is 10. The Balaban J connectivity index is 0.000000149. The van der Waals surface area contributed by atoms with Crippen molar-refractivity contribution in [2.24, 2.45) is 28.7 Å². The Bertz CT molecular complexity index is 5280. The highest BCUT2D eigenvalue weighted by atomic mass is 16.5. The molecule has 30 nitrogen and oxygen atoms in total. The van der Waals surface area contributed by atoms with Crippen molar-refractivity contribution in [2.45, 2.75) is 289 Å². The minimum absolute atomic E-state index is 0.0400. The second-order valence-corrected chi connectivity index (χ2v) is 35.5. The van der Waals surface area contributed by atoms with Crippen LogP contribution >= 0.6 is 0 Å². The number of aryl methyl sites for hydroxylation is 4. The Morgan fingerprint density at radius 1 is 0.280 bits per heavy atom. The molecule has 30 heteroatoms. The van der Waals surface area contributed by atoms with Gasteiger partial charge in [0.05, 0.1) is 5.92 Å². The normalized spacial score (nSPS) is 16.6. The van der Waals surface area contributed by atoms with E-state index in [4.69, 9.17) is 78.3 Å². The van der Waals surface area contributed by atoms with Crippen molar-refractivity contribution >= 4 is 29.8 Å². The molecule has 0 radical (unpaired) electrons. The molecule has 5 aliphatic rings. The number of rotatable bonds is 41. The van der Waals surface area contributed by atoms with Crippen LogP contribution in [0.3, 0.4) is 0 Å². The van der Waals surface area contributed by atoms with E-state index < -0.39 is 0 Å². The lowest BCUT2D eigenvalue weighted by molar-refractivity contribution is 0.141. The fraction of sp³-hybridized carbons (Fsp3) is 0.500. The van der Waals surface area contributed by atoms with E-state index in [0.717, 1.165) is 130 Å². The van der Waals surface area contributed by atoms with E-state index in [-0.39, 0.29) is 59.9 Å². The minimum Gasteiger partial charge on any atom is -0.370 e. The second kappa shape index (κ2) is 51.8. The third-order valence-corrected chi connectivity index (χ3v) is 25.6. The molecule has 5 atom stereocenters. The van der Waals surface area contributed by atoms with Crippen molar-refractivity contribution < 1.29 is 22.6 Å². The standard InChI is InChI=1S/C22H33N5O.2C21H31N5O.C20H29N5O.C18H17N5O/c1-2-3-4-5-6-7-8-9-10-17-11-13-18(14-12-17)20-25-21(28-26-20)19-15-16-27(19)22(23)24;1-2-3-4-5-6-7-10-16-11-8-12-17(15-16)19-24-20(27-25-19)18-13-9-14-26(18)21(22)23;1-2-3-4-5-6-7-8-16-9-11-17(12-10-16)19-24-20(27-25-19)18-13-14-26(15-18)21(22)23;1-2-3-4-5-6-7-8-15-9-11-16(12-10-15)18-23-19(26-24-18)17-13-14-25(17)20(21)22;19-18(20)23-11-10-15(23)17-21-16(22-24-17)14-8-6-13(7-9-14)12-4-2-1-3-5-12/h11-14,19H,2-10,15-16H2,1H3,(H3,23,24);8,11-12,15,18H,2-7,9-10,13-14H2,1H3,(H3,22,23);9-12,18H,2-8,13-15H2,1H3,(H3,22,23);9-12,17H,2-8,13-14H2,1H3,(H3,21,22);1-9,15H,10-11H2,(H3,19,20)/t;2*18-;;/m.01../s1. The smallest absolute Gasteiger partial charge is 0.249 e. The number of nitrogens with zero attached hydrogens (tertiary/aromatic N) is 15. The molecule has 0 amide bonds. The summed E-state index contributed by atoms with van der Waals surface area (Å²) in [5.74, 6) is 6.28. The lowest BCUT2D eigenvalue weighted by Crippen LogP contribution is -2.48. The Kier molecular flexibility index (Phi) is 38.6. The summed E-state index contributed by atoms with van der Waals surface area (Å²) in [4.78, 5) is 31.6. The lowest BCUT2D eigenvalue weighted by Gasteiger charge is -2.38. The number of likely N-dealkylation sites (tertiary alicyclic amines) is 5. The number of hydrogen-bond donors (Lipinski definition) is 10. The van der Waals surface area contributed by atoms with E-state index in [1.165, 1.54) is 195 Å². The molecule has 10 heterocycles. The molecule has 11 aromatic rings. The van der Waals surface area contributed by atoms with Crippen molar-refractivity contribution in [3.63, 3.8) is 0 Å². The number of hydrogen-bond acceptors (Lipinski definition) is 20. The molecule has 132 heavy (non-hydrogen) atoms. The van der Waals surface area contributed by atoms with Crippen LogP contribution in [0.1, 0.15) is 315 Å². The Morgan fingerprint density at radius 3 is 0.902 bits per heavy atom. The topological polar surface area (TPSA) is 460 Å². The van der Waals surface area contributed by atoms with Crippen molar-refractivity contribution in [1.29, 1.82) is 27.0 Å². The first-order valence-corrected chi connectivity index (χ1v) is 48.7. The summed E-state index contributed by atoms with van der Waals surface area (Å²) < 4.78 is 27.1. The van der Waals surface area contributed by atoms with Crippen molar-refractivity contribution in [3.8, 4) is 68.1 Å². The van der Waals surface area contributed by atoms with Gasteiger partial charge in [0.2, 0.25) is 58.6 Å². The van der Waals surface area contributed by atoms with Gasteiger partial charge in [-0.05, 0) is 129 Å². The highest BCUT2D eigenvalue weighted by Crippen LogP contribution is 2.38. The molecule has 0 saturated carbocycles. The highest BCUT2D eigenvalue weighted by molar-refractivity contribution is 5.78. The maximum atomic E-state index is 7.70. The van der Waals surface area contributed by atoms with E-state index in [1.807, 2.05) is 58.3 Å². The first-order valence-electron chi connectivity index (χ1n) is 48.7. The van der Waals surface area contributed by atoms with Gasteiger partial charge in [0.15, 0.2) is 29.8 Å². The van der Waals surface area contributed by atoms with E-state index >= 15 is 0 Å². The molecule has 5 aliphatic heterocycles. The van der Waals surface area contributed by atoms with E-state index in [9.17, 15) is 0 Å². The quantitative estimate of drug-likeness (QED) is 0.00966. The maximum absolute atomic E-state index is 7.70. The average molecular weight is 1800 g/mol. The third kappa shape index (κ3) is 28.9. The molecule has 3 unspecified atom stereocenters. The molecule has 5 fully saturated rings. The van der Waals surface area contributed by atoms with Crippen molar-refractivity contribution in [2.75, 3.05) is 39.3 Å². The molecule has 5 saturated heterocycles. The molecule has 5 aromatic heterocycles. The first kappa shape index (κ1) is 98.4. The Hall–Kier alpha value is -12.6. The number of benzene rings is 6. The highest BCUT2D eigenvalue weighted by Gasteiger charge is 2.39. The van der Waals surface area contributed by atoms with Crippen LogP contribution in [0.25, 0.3) is 68.1 Å². The number of unbranched alkanes of at least 4 members (excludes halogenated alkanes) is 22. The summed E-state index contributed by atoms with van der Waals surface area (Å²) in [5.41, 5.74) is 40.4. The SMILES string of the molecule is CCCCCCCCCCc1ccc(-c2noc(C3CCN3C(=N)N)n2)cc1.CCCCCCCCc1ccc(-c2noc(C3CCN3C(=N)N)n2)cc1.CCCCCCCCc1ccc(-c2noc([C@@H]3CCN(C(=N)N)C3)n2)cc1.CCCCCCCCc1cccc(-c2noc([C@@H]3CCCN3C(=N)N)n2)c1.N=C(N)N1CCC1c1nc(-c2ccc(-c3ccccc3)cc2)no1. The molecular weight excluding hydrogens is 1660 g/mol. The largest absolute Gasteiger partial charge is 0.370 e. The third-order valence-electron chi connectivity index (χ3n) is 25.6. The van der Waals surface area contributed by atoms with E-state index in [0.29, 0.717) is 65.1 Å². The van der Waals surface area contributed by atoms with Crippen molar-refractivity contribution in [3.05, 3.63) is 203 Å². The molecule has 6 aromatic carbocycles. The predicted octanol–water partition coefficient (Wildman–Crippen LogP) is 21.4. The molecular formula is C102H141N25O5. The van der Waals surface area contributed by atoms with Gasteiger partial charge in [-0.1, -0.05) is 340 Å². The van der Waals surface area contributed by atoms with Crippen LogP contribution in [0.15, 0.2) is 174 Å². The van der Waals surface area contributed by atoms with Crippen LogP contribution in [0.4, 0.5) is 0 Å². The van der Waals surface area contributed by atoms with E-state index in [2.05, 4.69) is 182 Å². The summed E-state index contributed by atoms with van der Waals surface area (Å²) in [7, 11) is 0. The predicted molar refractivity (Wildman–Crippen MR) is 521 cm³/mol. The van der Waals surface area contributed by atoms with Crippen LogP contribution in [0.2, 0.25) is 0 Å². The van der Waals surface area contributed by atoms with Gasteiger partial charge in [-0.3, -0.25) is 27.0 Å². The second-order valence-electron chi connectivity index (χ2n) is 35.5. The molecule has 0 bridgehead atoms. The zero-order valence-electron chi connectivity index (χ0n) is 78.2. The van der Waals surface area contributed by atoms with Gasteiger partial charge in [0, 0.05) is 67.1 Å². The minimum atomic E-state index is -0.0765. The molecule has 15 N–H and O–H groups in total. The fourth-order valence-corrected chi connectivity index (χ4v) is 17.3. The number of guanidine groups is 5. The summed E-state index contributed by atoms with van der Waals surface area (Å²) in [6.07, 6.45) is 44.3. The van der Waals surface area contributed by atoms with Gasteiger partial charge in [-0.2, -0.15) is 24.9 Å². The van der Waals surface area contributed by atoms with Gasteiger partial charge in [0.25, 0.3) is 0 Å². The van der Waals surface area contributed by atoms with Gasteiger partial charge in [0.1, 0.15) is 24.2 Å². The van der Waals surface area contributed by atoms with Gasteiger partial charge < -0.3 is 75.8 Å². The van der Waals surface area contributed by atoms with Gasteiger partial charge in [-0.25, -0.2) is 0 Å². The lowest BCUT2D eigenvalue weighted by atomic mass is 10.0. The van der Waals surface area contributed by atoms with Gasteiger partial charge >= 0.3 is 0 Å².